The van der Waals surface area contributed by atoms with Crippen LogP contribution in [0, 0.1) is 0 Å². The van der Waals surface area contributed by atoms with Gasteiger partial charge in [0, 0.05) is 10.6 Å². The number of fused-ring (bicyclic) bond motifs is 1. The fraction of sp³-hybridized carbons (Fsp3) is 0.130. The number of halogens is 1. The summed E-state index contributed by atoms with van der Waals surface area (Å²) in [5.74, 6) is 0.389. The van der Waals surface area contributed by atoms with E-state index < -0.39 is 0 Å². The van der Waals surface area contributed by atoms with Crippen molar-refractivity contribution >= 4 is 28.5 Å². The zero-order valence-corrected chi connectivity index (χ0v) is 17.0. The molecule has 4 rings (SSSR count). The number of imidazole rings is 1. The molecule has 0 radical (unpaired) electrons. The van der Waals surface area contributed by atoms with Crippen LogP contribution >= 0.6 is 11.6 Å². The lowest BCUT2D eigenvalue weighted by Gasteiger charge is -2.15. The first-order chi connectivity index (χ1) is 14.5. The maximum absolute atomic E-state index is 12.7. The number of aromatic amines is 2. The fourth-order valence-electron chi connectivity index (χ4n) is 3.20. The van der Waals surface area contributed by atoms with Gasteiger partial charge in [-0.1, -0.05) is 35.9 Å². The Hall–Kier alpha value is -3.51. The Morgan fingerprint density at radius 2 is 1.83 bits per heavy atom. The van der Waals surface area contributed by atoms with Crippen molar-refractivity contribution in [3.63, 3.8) is 0 Å². The molecule has 4 aromatic rings. The number of hydrogen-bond acceptors (Lipinski definition) is 3. The van der Waals surface area contributed by atoms with Crippen LogP contribution in [0.5, 0.6) is 5.75 Å². The molecule has 7 heteroatoms. The van der Waals surface area contributed by atoms with E-state index in [1.807, 2.05) is 49.4 Å². The van der Waals surface area contributed by atoms with Crippen LogP contribution in [-0.4, -0.2) is 15.9 Å². The number of H-pyrrole nitrogens is 2. The number of benzene rings is 3. The van der Waals surface area contributed by atoms with Crippen molar-refractivity contribution in [1.82, 2.24) is 15.3 Å². The van der Waals surface area contributed by atoms with Crippen LogP contribution in [0.4, 0.5) is 0 Å². The van der Waals surface area contributed by atoms with Gasteiger partial charge in [-0.05, 0) is 60.5 Å². The molecule has 1 aromatic heterocycles. The third-order valence-electron chi connectivity index (χ3n) is 4.78. The van der Waals surface area contributed by atoms with E-state index in [1.54, 1.807) is 24.3 Å². The molecule has 0 aliphatic heterocycles. The molecule has 0 bridgehead atoms. The van der Waals surface area contributed by atoms with Crippen molar-refractivity contribution in [3.05, 3.63) is 98.9 Å². The molecule has 6 nitrogen and oxygen atoms in total. The van der Waals surface area contributed by atoms with Crippen LogP contribution < -0.4 is 15.7 Å². The van der Waals surface area contributed by atoms with Gasteiger partial charge in [0.1, 0.15) is 12.4 Å². The molecular formula is C23H20ClN3O3. The predicted molar refractivity (Wildman–Crippen MR) is 117 cm³/mol. The Morgan fingerprint density at radius 1 is 1.03 bits per heavy atom. The second-order valence-corrected chi connectivity index (χ2v) is 7.46. The van der Waals surface area contributed by atoms with Crippen LogP contribution in [0.1, 0.15) is 34.5 Å². The highest BCUT2D eigenvalue weighted by Crippen LogP contribution is 2.20. The van der Waals surface area contributed by atoms with E-state index in [2.05, 4.69) is 15.3 Å². The van der Waals surface area contributed by atoms with Crippen LogP contribution in [0.2, 0.25) is 5.02 Å². The molecule has 3 aromatic carbocycles. The van der Waals surface area contributed by atoms with E-state index >= 15 is 0 Å². The van der Waals surface area contributed by atoms with E-state index in [-0.39, 0.29) is 17.6 Å². The summed E-state index contributed by atoms with van der Waals surface area (Å²) in [6.45, 7) is 2.25. The molecule has 30 heavy (non-hydrogen) atoms. The monoisotopic (exact) mass is 421 g/mol. The third-order valence-corrected chi connectivity index (χ3v) is 5.01. The number of nitrogens with one attached hydrogen (secondary N) is 3. The van der Waals surface area contributed by atoms with E-state index in [0.29, 0.717) is 28.5 Å². The van der Waals surface area contributed by atoms with Gasteiger partial charge in [0.2, 0.25) is 0 Å². The first-order valence-electron chi connectivity index (χ1n) is 9.48. The van der Waals surface area contributed by atoms with Crippen molar-refractivity contribution in [3.8, 4) is 5.75 Å². The molecule has 1 amide bonds. The maximum atomic E-state index is 12.7. The quantitative estimate of drug-likeness (QED) is 0.426. The summed E-state index contributed by atoms with van der Waals surface area (Å²) in [6.07, 6.45) is 0. The standard InChI is InChI=1S/C23H20ClN3O3/c1-14(16-8-9-20-21(12-16)27-23(29)26-20)25-22(28)17-5-3-7-19(11-17)30-13-15-4-2-6-18(24)10-15/h2-12,14H,13H2,1H3,(H,25,28)(H2,26,27,29). The third kappa shape index (κ3) is 4.55. The van der Waals surface area contributed by atoms with Gasteiger partial charge in [0.25, 0.3) is 5.91 Å². The Balaban J connectivity index is 1.43. The van der Waals surface area contributed by atoms with Gasteiger partial charge in [-0.15, -0.1) is 0 Å². The number of rotatable bonds is 6. The van der Waals surface area contributed by atoms with E-state index in [4.69, 9.17) is 16.3 Å². The molecule has 0 spiro atoms. The predicted octanol–water partition coefficient (Wildman–Crippen LogP) is 4.58. The average Bonchev–Trinajstić information content (AvgIpc) is 3.11. The summed E-state index contributed by atoms with van der Waals surface area (Å²) in [5, 5.41) is 3.63. The number of amides is 1. The minimum Gasteiger partial charge on any atom is -0.489 e. The van der Waals surface area contributed by atoms with Crippen LogP contribution in [0.25, 0.3) is 11.0 Å². The lowest BCUT2D eigenvalue weighted by Crippen LogP contribution is -2.26. The molecule has 152 valence electrons. The summed E-state index contributed by atoms with van der Waals surface area (Å²) in [4.78, 5) is 29.6. The van der Waals surface area contributed by atoms with Crippen LogP contribution in [0.15, 0.2) is 71.5 Å². The zero-order valence-electron chi connectivity index (χ0n) is 16.2. The van der Waals surface area contributed by atoms with Crippen LogP contribution in [0.3, 0.4) is 0 Å². The summed E-state index contributed by atoms with van der Waals surface area (Å²) in [5.41, 5.74) is 3.51. The van der Waals surface area contributed by atoms with Crippen molar-refractivity contribution in [1.29, 1.82) is 0 Å². The fourth-order valence-corrected chi connectivity index (χ4v) is 3.42. The molecule has 3 N–H and O–H groups in total. The van der Waals surface area contributed by atoms with Gasteiger partial charge in [-0.3, -0.25) is 4.79 Å². The van der Waals surface area contributed by atoms with Gasteiger partial charge in [-0.2, -0.15) is 0 Å². The molecule has 1 atom stereocenters. The van der Waals surface area contributed by atoms with Gasteiger partial charge >= 0.3 is 5.69 Å². The smallest absolute Gasteiger partial charge is 0.323 e. The maximum Gasteiger partial charge on any atom is 0.323 e. The summed E-state index contributed by atoms with van der Waals surface area (Å²) >= 11 is 6.00. The number of carbonyl (C=O) groups excluding carboxylic acids is 1. The lowest BCUT2D eigenvalue weighted by molar-refractivity contribution is 0.0939. The molecule has 0 saturated heterocycles. The highest BCUT2D eigenvalue weighted by Gasteiger charge is 2.13. The Labute approximate surface area is 177 Å². The van der Waals surface area contributed by atoms with Crippen molar-refractivity contribution < 1.29 is 9.53 Å². The highest BCUT2D eigenvalue weighted by atomic mass is 35.5. The van der Waals surface area contributed by atoms with E-state index in [1.165, 1.54) is 0 Å². The average molecular weight is 422 g/mol. The van der Waals surface area contributed by atoms with E-state index in [9.17, 15) is 9.59 Å². The SMILES string of the molecule is CC(NC(=O)c1cccc(OCc2cccc(Cl)c2)c1)c1ccc2[nH]c(=O)[nH]c2c1. The Morgan fingerprint density at radius 3 is 2.67 bits per heavy atom. The number of carbonyl (C=O) groups is 1. The second kappa shape index (κ2) is 8.47. The topological polar surface area (TPSA) is 87.0 Å². The Kier molecular flexibility index (Phi) is 5.59. The summed E-state index contributed by atoms with van der Waals surface area (Å²) in [6, 6.07) is 19.8. The summed E-state index contributed by atoms with van der Waals surface area (Å²) in [7, 11) is 0. The number of ether oxygens (including phenoxy) is 1. The molecule has 1 heterocycles. The van der Waals surface area contributed by atoms with Gasteiger partial charge in [-0.25, -0.2) is 4.79 Å². The normalized spacial score (nSPS) is 11.9. The molecule has 0 fully saturated rings. The van der Waals surface area contributed by atoms with Gasteiger partial charge in [0.15, 0.2) is 0 Å². The highest BCUT2D eigenvalue weighted by molar-refractivity contribution is 6.30. The van der Waals surface area contributed by atoms with Gasteiger partial charge < -0.3 is 20.0 Å². The summed E-state index contributed by atoms with van der Waals surface area (Å²) < 4.78 is 5.80. The molecule has 1 unspecified atom stereocenters. The minimum atomic E-state index is -0.256. The number of aromatic nitrogens is 2. The largest absolute Gasteiger partial charge is 0.489 e. The zero-order chi connectivity index (χ0) is 21.1. The first kappa shape index (κ1) is 19.8. The second-order valence-electron chi connectivity index (χ2n) is 7.03. The van der Waals surface area contributed by atoms with Crippen molar-refractivity contribution in [2.45, 2.75) is 19.6 Å². The van der Waals surface area contributed by atoms with Crippen molar-refractivity contribution in [2.75, 3.05) is 0 Å². The molecular weight excluding hydrogens is 402 g/mol. The number of hydrogen-bond donors (Lipinski definition) is 3. The molecule has 0 saturated carbocycles. The van der Waals surface area contributed by atoms with Crippen LogP contribution in [-0.2, 0) is 6.61 Å². The first-order valence-corrected chi connectivity index (χ1v) is 9.86. The lowest BCUT2D eigenvalue weighted by atomic mass is 10.1. The minimum absolute atomic E-state index is 0.210. The van der Waals surface area contributed by atoms with Crippen molar-refractivity contribution in [2.24, 2.45) is 0 Å². The molecule has 0 aliphatic rings. The van der Waals surface area contributed by atoms with E-state index in [0.717, 1.165) is 16.6 Å². The molecule has 0 aliphatic carbocycles. The van der Waals surface area contributed by atoms with Gasteiger partial charge in [0.05, 0.1) is 17.1 Å². The Bertz CT molecular complexity index is 1260.